The Morgan fingerprint density at radius 3 is 2.65 bits per heavy atom. The van der Waals surface area contributed by atoms with Crippen molar-refractivity contribution in [1.29, 1.82) is 0 Å². The van der Waals surface area contributed by atoms with E-state index in [0.717, 1.165) is 35.0 Å². The summed E-state index contributed by atoms with van der Waals surface area (Å²) in [6.45, 7) is 5.88. The Bertz CT molecular complexity index is 816. The molecule has 5 nitrogen and oxygen atoms in total. The molecular weight excluding hydrogens is 342 g/mol. The molecule has 0 fully saturated rings. The quantitative estimate of drug-likeness (QED) is 0.514. The van der Waals surface area contributed by atoms with E-state index in [1.165, 1.54) is 17.7 Å². The second-order valence-corrected chi connectivity index (χ2v) is 7.23. The molecule has 3 rings (SSSR count). The molecule has 26 heavy (non-hydrogen) atoms. The van der Waals surface area contributed by atoms with E-state index < -0.39 is 0 Å². The van der Waals surface area contributed by atoms with Crippen LogP contribution >= 0.6 is 11.3 Å². The minimum Gasteiger partial charge on any atom is -0.365 e. The number of anilines is 2. The van der Waals surface area contributed by atoms with Crippen molar-refractivity contribution in [3.05, 3.63) is 53.2 Å². The summed E-state index contributed by atoms with van der Waals surface area (Å²) in [6, 6.07) is 12.2. The minimum absolute atomic E-state index is 0.678. The largest absolute Gasteiger partial charge is 0.365 e. The Labute approximate surface area is 158 Å². The number of aryl methyl sites for hydroxylation is 1. The lowest BCUT2D eigenvalue weighted by molar-refractivity contribution is 0.740. The standard InChI is InChI=1S/C20H25N5S/c1-3-4-8-12-21-20-22-13-11-18(25-20)23-14-17-15(2)24-19(26-17)16-9-6-5-7-10-16/h5-7,9-11,13H,3-4,8,12,14H2,1-2H3,(H2,21,22,23,25). The van der Waals surface area contributed by atoms with E-state index in [1.807, 2.05) is 24.3 Å². The highest BCUT2D eigenvalue weighted by molar-refractivity contribution is 7.15. The number of unbranched alkanes of at least 4 members (excludes halogenated alkanes) is 2. The van der Waals surface area contributed by atoms with Crippen LogP contribution in [-0.2, 0) is 6.54 Å². The van der Waals surface area contributed by atoms with E-state index in [1.54, 1.807) is 17.5 Å². The predicted molar refractivity (Wildman–Crippen MR) is 110 cm³/mol. The van der Waals surface area contributed by atoms with Gasteiger partial charge in [0, 0.05) is 23.2 Å². The number of rotatable bonds is 9. The van der Waals surface area contributed by atoms with Crippen LogP contribution in [0.25, 0.3) is 10.6 Å². The molecule has 1 aromatic carbocycles. The molecule has 0 saturated carbocycles. The molecule has 0 aliphatic rings. The van der Waals surface area contributed by atoms with E-state index in [2.05, 4.69) is 46.6 Å². The molecule has 0 aliphatic carbocycles. The van der Waals surface area contributed by atoms with Gasteiger partial charge in [0.15, 0.2) is 0 Å². The third-order valence-corrected chi connectivity index (χ3v) is 5.27. The van der Waals surface area contributed by atoms with Crippen LogP contribution in [0.2, 0.25) is 0 Å². The van der Waals surface area contributed by atoms with Gasteiger partial charge in [-0.1, -0.05) is 50.1 Å². The Kier molecular flexibility index (Phi) is 6.55. The minimum atomic E-state index is 0.678. The number of nitrogens with zero attached hydrogens (tertiary/aromatic N) is 3. The van der Waals surface area contributed by atoms with E-state index in [9.17, 15) is 0 Å². The summed E-state index contributed by atoms with van der Waals surface area (Å²) in [5.41, 5.74) is 2.22. The van der Waals surface area contributed by atoms with E-state index in [0.29, 0.717) is 12.5 Å². The van der Waals surface area contributed by atoms with Crippen molar-refractivity contribution < 1.29 is 0 Å². The van der Waals surface area contributed by atoms with Gasteiger partial charge in [-0.2, -0.15) is 4.98 Å². The van der Waals surface area contributed by atoms with Crippen LogP contribution in [0, 0.1) is 6.92 Å². The van der Waals surface area contributed by atoms with Crippen LogP contribution in [0.1, 0.15) is 36.8 Å². The van der Waals surface area contributed by atoms with Gasteiger partial charge >= 0.3 is 0 Å². The van der Waals surface area contributed by atoms with Crippen molar-refractivity contribution in [2.75, 3.05) is 17.2 Å². The zero-order chi connectivity index (χ0) is 18.2. The maximum atomic E-state index is 4.70. The first-order valence-corrected chi connectivity index (χ1v) is 9.90. The highest BCUT2D eigenvalue weighted by Gasteiger charge is 2.09. The van der Waals surface area contributed by atoms with Crippen LogP contribution < -0.4 is 10.6 Å². The average Bonchev–Trinajstić information content (AvgIpc) is 3.05. The van der Waals surface area contributed by atoms with Crippen molar-refractivity contribution >= 4 is 23.1 Å². The van der Waals surface area contributed by atoms with Gasteiger partial charge < -0.3 is 10.6 Å². The summed E-state index contributed by atoms with van der Waals surface area (Å²) in [5, 5.41) is 7.73. The highest BCUT2D eigenvalue weighted by atomic mass is 32.1. The molecule has 2 heterocycles. The van der Waals surface area contributed by atoms with Crippen molar-refractivity contribution in [1.82, 2.24) is 15.0 Å². The SMILES string of the molecule is CCCCCNc1nccc(NCc2sc(-c3ccccc3)nc2C)n1. The second-order valence-electron chi connectivity index (χ2n) is 6.15. The molecule has 0 unspecified atom stereocenters. The summed E-state index contributed by atoms with van der Waals surface area (Å²) < 4.78 is 0. The first kappa shape index (κ1) is 18.3. The van der Waals surface area contributed by atoms with Crippen LogP contribution in [0.4, 0.5) is 11.8 Å². The number of aromatic nitrogens is 3. The average molecular weight is 368 g/mol. The van der Waals surface area contributed by atoms with Gasteiger partial charge in [0.25, 0.3) is 0 Å². The smallest absolute Gasteiger partial charge is 0.224 e. The van der Waals surface area contributed by atoms with Crippen LogP contribution in [0.3, 0.4) is 0 Å². The molecule has 2 N–H and O–H groups in total. The third-order valence-electron chi connectivity index (χ3n) is 4.06. The van der Waals surface area contributed by atoms with Crippen molar-refractivity contribution in [2.45, 2.75) is 39.7 Å². The van der Waals surface area contributed by atoms with Gasteiger partial charge in [0.1, 0.15) is 10.8 Å². The number of benzene rings is 1. The molecule has 0 aliphatic heterocycles. The summed E-state index contributed by atoms with van der Waals surface area (Å²) in [6.07, 6.45) is 5.36. The first-order chi connectivity index (χ1) is 12.8. The molecule has 2 aromatic heterocycles. The van der Waals surface area contributed by atoms with Crippen LogP contribution in [0.5, 0.6) is 0 Å². The maximum absolute atomic E-state index is 4.70. The topological polar surface area (TPSA) is 62.7 Å². The highest BCUT2D eigenvalue weighted by Crippen LogP contribution is 2.28. The number of hydrogen-bond donors (Lipinski definition) is 2. The Morgan fingerprint density at radius 2 is 1.85 bits per heavy atom. The second kappa shape index (κ2) is 9.29. The monoisotopic (exact) mass is 367 g/mol. The molecule has 0 bridgehead atoms. The fraction of sp³-hybridized carbons (Fsp3) is 0.350. The molecular formula is C20H25N5S. The lowest BCUT2D eigenvalue weighted by Gasteiger charge is -2.07. The molecule has 136 valence electrons. The van der Waals surface area contributed by atoms with Crippen molar-refractivity contribution in [2.24, 2.45) is 0 Å². The summed E-state index contributed by atoms with van der Waals surface area (Å²) in [7, 11) is 0. The fourth-order valence-corrected chi connectivity index (χ4v) is 3.59. The maximum Gasteiger partial charge on any atom is 0.224 e. The molecule has 0 spiro atoms. The van der Waals surface area contributed by atoms with Gasteiger partial charge in [0.05, 0.1) is 12.2 Å². The Morgan fingerprint density at radius 1 is 1.00 bits per heavy atom. The van der Waals surface area contributed by atoms with E-state index in [-0.39, 0.29) is 0 Å². The molecule has 0 atom stereocenters. The van der Waals surface area contributed by atoms with E-state index >= 15 is 0 Å². The van der Waals surface area contributed by atoms with Gasteiger partial charge in [-0.25, -0.2) is 9.97 Å². The zero-order valence-corrected chi connectivity index (χ0v) is 16.1. The van der Waals surface area contributed by atoms with Crippen LogP contribution in [0.15, 0.2) is 42.6 Å². The van der Waals surface area contributed by atoms with Crippen molar-refractivity contribution in [3.8, 4) is 10.6 Å². The lowest BCUT2D eigenvalue weighted by Crippen LogP contribution is -2.07. The molecule has 0 saturated heterocycles. The first-order valence-electron chi connectivity index (χ1n) is 9.08. The normalized spacial score (nSPS) is 10.7. The fourth-order valence-electron chi connectivity index (χ4n) is 2.58. The van der Waals surface area contributed by atoms with Crippen LogP contribution in [-0.4, -0.2) is 21.5 Å². The summed E-state index contributed by atoms with van der Waals surface area (Å²) in [5.74, 6) is 1.50. The van der Waals surface area contributed by atoms with Gasteiger partial charge in [-0.05, 0) is 19.4 Å². The number of thiazole rings is 1. The van der Waals surface area contributed by atoms with Gasteiger partial charge in [-0.15, -0.1) is 11.3 Å². The molecule has 0 amide bonds. The lowest BCUT2D eigenvalue weighted by atomic mass is 10.2. The third kappa shape index (κ3) is 5.02. The van der Waals surface area contributed by atoms with Gasteiger partial charge in [-0.3, -0.25) is 0 Å². The van der Waals surface area contributed by atoms with Gasteiger partial charge in [0.2, 0.25) is 5.95 Å². The Balaban J connectivity index is 1.60. The number of nitrogens with one attached hydrogen (secondary N) is 2. The molecule has 6 heteroatoms. The molecule has 0 radical (unpaired) electrons. The van der Waals surface area contributed by atoms with Crippen molar-refractivity contribution in [3.63, 3.8) is 0 Å². The zero-order valence-electron chi connectivity index (χ0n) is 15.3. The predicted octanol–water partition coefficient (Wildman–Crippen LogP) is 5.12. The van der Waals surface area contributed by atoms with E-state index in [4.69, 9.17) is 4.98 Å². The summed E-state index contributed by atoms with van der Waals surface area (Å²) in [4.78, 5) is 14.7. The number of hydrogen-bond acceptors (Lipinski definition) is 6. The molecule has 3 aromatic rings. The Hall–Kier alpha value is -2.47. The summed E-state index contributed by atoms with van der Waals surface area (Å²) >= 11 is 1.72.